The van der Waals surface area contributed by atoms with Gasteiger partial charge in [0.2, 0.25) is 0 Å². The molecule has 4 rings (SSSR count). The molecule has 1 amide bonds. The first kappa shape index (κ1) is 27.1. The van der Waals surface area contributed by atoms with E-state index >= 15 is 4.39 Å². The van der Waals surface area contributed by atoms with Crippen molar-refractivity contribution < 1.29 is 31.1 Å². The van der Waals surface area contributed by atoms with Gasteiger partial charge in [-0.25, -0.2) is 26.8 Å². The Hall–Kier alpha value is -3.96. The molecule has 0 aliphatic carbocycles. The second kappa shape index (κ2) is 10.4. The van der Waals surface area contributed by atoms with Crippen LogP contribution in [0.3, 0.4) is 0 Å². The Bertz CT molecular complexity index is 1720. The van der Waals surface area contributed by atoms with E-state index in [1.165, 1.54) is 49.3 Å². The topological polar surface area (TPSA) is 106 Å². The number of aryl methyl sites for hydroxylation is 1. The van der Waals surface area contributed by atoms with Crippen LogP contribution in [-0.2, 0) is 16.4 Å². The smallest absolute Gasteiger partial charge is 0.414 e. The lowest BCUT2D eigenvalue weighted by Crippen LogP contribution is -2.25. The zero-order valence-electron chi connectivity index (χ0n) is 20.3. The van der Waals surface area contributed by atoms with Crippen LogP contribution in [-0.4, -0.2) is 33.5 Å². The summed E-state index contributed by atoms with van der Waals surface area (Å²) in [6.45, 7) is 1.63. The fraction of sp³-hybridized carbons (Fsp3) is 0.154. The van der Waals surface area contributed by atoms with E-state index in [2.05, 4.69) is 4.72 Å². The number of rotatable bonds is 6. The number of halogens is 3. The number of ether oxygens (including phenoxy) is 1. The van der Waals surface area contributed by atoms with Crippen molar-refractivity contribution in [2.24, 2.45) is 0 Å². The van der Waals surface area contributed by atoms with Crippen molar-refractivity contribution in [2.45, 2.75) is 18.2 Å². The zero-order valence-corrected chi connectivity index (χ0v) is 21.9. The molecule has 0 atom stereocenters. The number of hydrogen-bond acceptors (Lipinski definition) is 6. The monoisotopic (exact) mass is 562 g/mol. The highest BCUT2D eigenvalue weighted by Crippen LogP contribution is 2.33. The maximum atomic E-state index is 15.4. The van der Waals surface area contributed by atoms with Crippen LogP contribution in [0.5, 0.6) is 5.75 Å². The third kappa shape index (κ3) is 5.48. The van der Waals surface area contributed by atoms with Gasteiger partial charge in [0.05, 0.1) is 15.6 Å². The Morgan fingerprint density at radius 3 is 2.45 bits per heavy atom. The summed E-state index contributed by atoms with van der Waals surface area (Å²) >= 11 is 6.28. The highest BCUT2D eigenvalue weighted by atomic mass is 35.5. The fourth-order valence-electron chi connectivity index (χ4n) is 3.66. The molecule has 12 heteroatoms. The van der Waals surface area contributed by atoms with Crippen molar-refractivity contribution in [2.75, 3.05) is 18.8 Å². The van der Waals surface area contributed by atoms with Crippen molar-refractivity contribution in [3.8, 4) is 5.75 Å². The summed E-state index contributed by atoms with van der Waals surface area (Å²) in [6.07, 6.45) is -0.885. The number of nitrogens with one attached hydrogen (secondary N) is 1. The zero-order chi connectivity index (χ0) is 27.8. The summed E-state index contributed by atoms with van der Waals surface area (Å²) in [6, 6.07) is 10.9. The first-order valence-corrected chi connectivity index (χ1v) is 12.9. The van der Waals surface area contributed by atoms with Gasteiger partial charge in [0.1, 0.15) is 11.4 Å². The van der Waals surface area contributed by atoms with Crippen LogP contribution in [0.1, 0.15) is 16.7 Å². The van der Waals surface area contributed by atoms with Crippen LogP contribution < -0.4 is 15.1 Å². The largest absolute Gasteiger partial charge is 0.422 e. The van der Waals surface area contributed by atoms with Gasteiger partial charge in [-0.15, -0.1) is 0 Å². The minimum absolute atomic E-state index is 0.000325. The number of anilines is 1. The van der Waals surface area contributed by atoms with Crippen LogP contribution in [0.2, 0.25) is 5.02 Å². The van der Waals surface area contributed by atoms with Gasteiger partial charge in [-0.3, -0.25) is 4.72 Å². The number of fused-ring (bicyclic) bond motifs is 1. The van der Waals surface area contributed by atoms with Gasteiger partial charge in [0, 0.05) is 37.5 Å². The van der Waals surface area contributed by atoms with Gasteiger partial charge >= 0.3 is 11.7 Å². The number of sulfonamides is 1. The van der Waals surface area contributed by atoms with Crippen molar-refractivity contribution in [3.63, 3.8) is 0 Å². The first-order valence-electron chi connectivity index (χ1n) is 11.1. The highest BCUT2D eigenvalue weighted by Gasteiger charge is 2.21. The van der Waals surface area contributed by atoms with Gasteiger partial charge in [-0.05, 0) is 54.4 Å². The fourth-order valence-corrected chi connectivity index (χ4v) is 4.92. The van der Waals surface area contributed by atoms with Crippen LogP contribution in [0.25, 0.3) is 11.0 Å². The van der Waals surface area contributed by atoms with Gasteiger partial charge in [-0.1, -0.05) is 23.7 Å². The van der Waals surface area contributed by atoms with Gasteiger partial charge in [0.25, 0.3) is 10.0 Å². The van der Waals surface area contributed by atoms with Crippen molar-refractivity contribution in [3.05, 3.63) is 98.4 Å². The molecule has 8 nitrogen and oxygen atoms in total. The second-order valence-corrected chi connectivity index (χ2v) is 10.6. The Labute approximate surface area is 221 Å². The molecule has 4 aromatic rings. The minimum atomic E-state index is -4.20. The molecule has 38 heavy (non-hydrogen) atoms. The van der Waals surface area contributed by atoms with Crippen molar-refractivity contribution in [1.82, 2.24) is 4.90 Å². The van der Waals surface area contributed by atoms with Crippen LogP contribution in [0.4, 0.5) is 19.3 Å². The molecule has 0 aliphatic rings. The SMILES string of the molecule is Cc1c(Cc2cccc(NS(=O)(=O)c3ccc(F)cc3)c2F)c(=O)oc2cc(OC(=O)N(C)C)c(Cl)cc12. The number of carbonyl (C=O) groups is 1. The average Bonchev–Trinajstić information content (AvgIpc) is 2.85. The number of benzene rings is 3. The molecule has 0 bridgehead atoms. The Balaban J connectivity index is 1.68. The van der Waals surface area contributed by atoms with Crippen molar-refractivity contribution >= 4 is 44.4 Å². The summed E-state index contributed by atoms with van der Waals surface area (Å²) in [4.78, 5) is 25.7. The Kier molecular flexibility index (Phi) is 7.43. The number of amides is 1. The first-order chi connectivity index (χ1) is 17.9. The number of nitrogens with zero attached hydrogens (tertiary/aromatic N) is 1. The van der Waals surface area contributed by atoms with E-state index in [9.17, 15) is 22.4 Å². The maximum absolute atomic E-state index is 15.4. The van der Waals surface area contributed by atoms with E-state index < -0.39 is 33.4 Å². The molecule has 1 aromatic heterocycles. The lowest BCUT2D eigenvalue weighted by molar-refractivity contribution is 0.172. The van der Waals surface area contributed by atoms with E-state index in [0.717, 1.165) is 24.3 Å². The average molecular weight is 563 g/mol. The van der Waals surface area contributed by atoms with E-state index in [-0.39, 0.29) is 44.5 Å². The lowest BCUT2D eigenvalue weighted by Gasteiger charge is -2.14. The molecule has 0 saturated carbocycles. The standard InChI is InChI=1S/C26H21ClF2N2O6S/c1-14-18-12-20(27)23(37-26(33)31(2)3)13-22(18)36-25(32)19(14)11-15-5-4-6-21(24(15)29)30-38(34,35)17-9-7-16(28)8-10-17/h4-10,12-13,30H,11H2,1-3H3. The molecule has 1 N–H and O–H groups in total. The summed E-state index contributed by atoms with van der Waals surface area (Å²) in [5.41, 5.74) is -0.362. The van der Waals surface area contributed by atoms with Gasteiger partial charge in [-0.2, -0.15) is 0 Å². The van der Waals surface area contributed by atoms with Crippen molar-refractivity contribution in [1.29, 1.82) is 0 Å². The third-order valence-electron chi connectivity index (χ3n) is 5.72. The molecule has 0 fully saturated rings. The van der Waals surface area contributed by atoms with Crippen LogP contribution >= 0.6 is 11.6 Å². The summed E-state index contributed by atoms with van der Waals surface area (Å²) in [5.74, 6) is -1.50. The van der Waals surface area contributed by atoms with E-state index in [1.54, 1.807) is 6.92 Å². The number of hydrogen-bond donors (Lipinski definition) is 1. The van der Waals surface area contributed by atoms with Crippen LogP contribution in [0.15, 0.2) is 68.7 Å². The molecular formula is C26H21ClF2N2O6S. The summed E-state index contributed by atoms with van der Waals surface area (Å²) in [7, 11) is -1.21. The van der Waals surface area contributed by atoms with E-state index in [1.807, 2.05) is 0 Å². The minimum Gasteiger partial charge on any atom is -0.422 e. The van der Waals surface area contributed by atoms with Gasteiger partial charge in [0.15, 0.2) is 11.6 Å². The van der Waals surface area contributed by atoms with E-state index in [0.29, 0.717) is 10.9 Å². The summed E-state index contributed by atoms with van der Waals surface area (Å²) < 4.78 is 66.6. The molecule has 1 heterocycles. The second-order valence-electron chi connectivity index (χ2n) is 8.55. The van der Waals surface area contributed by atoms with E-state index in [4.69, 9.17) is 20.8 Å². The Morgan fingerprint density at radius 2 is 1.79 bits per heavy atom. The molecule has 3 aromatic carbocycles. The molecule has 0 saturated heterocycles. The quantitative estimate of drug-likeness (QED) is 0.312. The third-order valence-corrected chi connectivity index (χ3v) is 7.39. The van der Waals surface area contributed by atoms with Crippen LogP contribution in [0, 0.1) is 18.6 Å². The molecular weight excluding hydrogens is 542 g/mol. The predicted molar refractivity (Wildman–Crippen MR) is 138 cm³/mol. The molecule has 0 unspecified atom stereocenters. The molecule has 0 aliphatic heterocycles. The summed E-state index contributed by atoms with van der Waals surface area (Å²) in [5, 5.41) is 0.543. The maximum Gasteiger partial charge on any atom is 0.414 e. The predicted octanol–water partition coefficient (Wildman–Crippen LogP) is 5.49. The number of carbonyl (C=O) groups excluding carboxylic acids is 1. The molecule has 198 valence electrons. The Morgan fingerprint density at radius 1 is 1.11 bits per heavy atom. The van der Waals surface area contributed by atoms with Gasteiger partial charge < -0.3 is 14.1 Å². The molecule has 0 spiro atoms. The molecule has 0 radical (unpaired) electrons. The highest BCUT2D eigenvalue weighted by molar-refractivity contribution is 7.92. The normalized spacial score (nSPS) is 11.4. The lowest BCUT2D eigenvalue weighted by atomic mass is 9.99.